The predicted molar refractivity (Wildman–Crippen MR) is 87.7 cm³/mol. The average molecular weight is 309 g/mol. The smallest absolute Gasteiger partial charge is 0.229 e. The van der Waals surface area contributed by atoms with Crippen LogP contribution in [0.15, 0.2) is 42.5 Å². The van der Waals surface area contributed by atoms with E-state index < -0.39 is 0 Å². The van der Waals surface area contributed by atoms with E-state index in [0.29, 0.717) is 11.5 Å². The summed E-state index contributed by atoms with van der Waals surface area (Å²) in [6.45, 7) is 3.92. The highest BCUT2D eigenvalue weighted by atomic mass is 19.1. The van der Waals surface area contributed by atoms with Gasteiger partial charge in [0.15, 0.2) is 5.65 Å². The lowest BCUT2D eigenvalue weighted by Crippen LogP contribution is -2.15. The van der Waals surface area contributed by atoms with Gasteiger partial charge in [-0.3, -0.25) is 4.79 Å². The van der Waals surface area contributed by atoms with Gasteiger partial charge >= 0.3 is 0 Å². The minimum absolute atomic E-state index is 0.167. The first kappa shape index (κ1) is 15.1. The number of anilines is 1. The molecule has 2 aromatic heterocycles. The maximum absolute atomic E-state index is 12.9. The van der Waals surface area contributed by atoms with Crippen LogP contribution in [-0.4, -0.2) is 15.9 Å². The molecule has 1 aromatic carbocycles. The average Bonchev–Trinajstić information content (AvgIpc) is 2.49. The van der Waals surface area contributed by atoms with E-state index >= 15 is 0 Å². The fraction of sp³-hybridized carbons (Fsp3) is 0.167. The zero-order chi connectivity index (χ0) is 16.4. The lowest BCUT2D eigenvalue weighted by Gasteiger charge is -2.07. The van der Waals surface area contributed by atoms with E-state index in [1.54, 1.807) is 18.2 Å². The largest absolute Gasteiger partial charge is 0.310 e. The molecule has 0 aliphatic carbocycles. The first-order valence-electron chi connectivity index (χ1n) is 7.30. The summed E-state index contributed by atoms with van der Waals surface area (Å²) in [5.74, 6) is -0.0582. The van der Waals surface area contributed by atoms with Crippen molar-refractivity contribution in [1.82, 2.24) is 9.97 Å². The number of pyridine rings is 2. The Kier molecular flexibility index (Phi) is 4.02. The first-order valence-corrected chi connectivity index (χ1v) is 7.30. The minimum atomic E-state index is -0.317. The Morgan fingerprint density at radius 2 is 1.83 bits per heavy atom. The lowest BCUT2D eigenvalue weighted by molar-refractivity contribution is -0.115. The zero-order valence-corrected chi connectivity index (χ0v) is 12.9. The molecule has 0 radical (unpaired) electrons. The number of hydrogen-bond donors (Lipinski definition) is 1. The second kappa shape index (κ2) is 6.12. The van der Waals surface area contributed by atoms with Crippen molar-refractivity contribution in [3.05, 3.63) is 65.1 Å². The molecule has 0 aliphatic heterocycles. The maximum Gasteiger partial charge on any atom is 0.229 e. The minimum Gasteiger partial charge on any atom is -0.310 e. The number of aromatic nitrogens is 2. The van der Waals surface area contributed by atoms with Crippen LogP contribution in [0.2, 0.25) is 0 Å². The van der Waals surface area contributed by atoms with Crippen LogP contribution in [-0.2, 0) is 11.2 Å². The summed E-state index contributed by atoms with van der Waals surface area (Å²) < 4.78 is 12.9. The predicted octanol–water partition coefficient (Wildman–Crippen LogP) is 3.57. The molecule has 1 N–H and O–H groups in total. The Morgan fingerprint density at radius 3 is 2.57 bits per heavy atom. The number of carbonyl (C=O) groups excluding carboxylic acids is 1. The third-order valence-corrected chi connectivity index (χ3v) is 3.55. The number of fused-ring (bicyclic) bond motifs is 1. The Morgan fingerprint density at radius 1 is 1.09 bits per heavy atom. The molecule has 116 valence electrons. The van der Waals surface area contributed by atoms with Gasteiger partial charge in [0.25, 0.3) is 0 Å². The number of hydrogen-bond acceptors (Lipinski definition) is 3. The van der Waals surface area contributed by atoms with Crippen molar-refractivity contribution in [2.45, 2.75) is 20.3 Å². The van der Waals surface area contributed by atoms with Crippen molar-refractivity contribution < 1.29 is 9.18 Å². The Balaban J connectivity index is 1.78. The van der Waals surface area contributed by atoms with Crippen LogP contribution in [0.1, 0.15) is 16.8 Å². The van der Waals surface area contributed by atoms with Gasteiger partial charge in [0, 0.05) is 11.1 Å². The molecule has 0 unspecified atom stereocenters. The van der Waals surface area contributed by atoms with E-state index in [4.69, 9.17) is 0 Å². The number of halogens is 1. The van der Waals surface area contributed by atoms with Gasteiger partial charge < -0.3 is 5.32 Å². The summed E-state index contributed by atoms with van der Waals surface area (Å²) in [5, 5.41) is 3.72. The summed E-state index contributed by atoms with van der Waals surface area (Å²) in [7, 11) is 0. The Labute approximate surface area is 133 Å². The molecule has 0 spiro atoms. The molecule has 3 rings (SSSR count). The van der Waals surface area contributed by atoms with E-state index in [-0.39, 0.29) is 18.1 Å². The highest BCUT2D eigenvalue weighted by Crippen LogP contribution is 2.18. The van der Waals surface area contributed by atoms with E-state index in [9.17, 15) is 9.18 Å². The number of benzene rings is 1. The van der Waals surface area contributed by atoms with Gasteiger partial charge in [0.05, 0.1) is 6.42 Å². The van der Waals surface area contributed by atoms with Crippen LogP contribution < -0.4 is 5.32 Å². The summed E-state index contributed by atoms with van der Waals surface area (Å²) >= 11 is 0. The quantitative estimate of drug-likeness (QED) is 0.804. The molecule has 0 saturated heterocycles. The molecule has 2 heterocycles. The zero-order valence-electron chi connectivity index (χ0n) is 12.9. The van der Waals surface area contributed by atoms with Gasteiger partial charge in [-0.05, 0) is 55.3 Å². The number of amides is 1. The second-order valence-corrected chi connectivity index (χ2v) is 5.50. The number of aryl methyl sites for hydroxylation is 2. The molecule has 5 heteroatoms. The van der Waals surface area contributed by atoms with Crippen molar-refractivity contribution in [1.29, 1.82) is 0 Å². The summed E-state index contributed by atoms with van der Waals surface area (Å²) in [5.41, 5.74) is 3.35. The van der Waals surface area contributed by atoms with Crippen molar-refractivity contribution in [2.24, 2.45) is 0 Å². The molecular formula is C18H16FN3O. The van der Waals surface area contributed by atoms with Crippen LogP contribution in [0.5, 0.6) is 0 Å². The number of rotatable bonds is 3. The molecule has 4 nitrogen and oxygen atoms in total. The second-order valence-electron chi connectivity index (χ2n) is 5.50. The third kappa shape index (κ3) is 3.51. The molecule has 0 bridgehead atoms. The number of nitrogens with one attached hydrogen (secondary N) is 1. The molecule has 0 saturated carbocycles. The SMILES string of the molecule is Cc1cc(C)c2ccc(NC(=O)Cc3ccc(F)cc3)nc2n1. The summed E-state index contributed by atoms with van der Waals surface area (Å²) in [6, 6.07) is 11.5. The molecule has 3 aromatic rings. The summed E-state index contributed by atoms with van der Waals surface area (Å²) in [4.78, 5) is 20.9. The topological polar surface area (TPSA) is 54.9 Å². The van der Waals surface area contributed by atoms with E-state index in [1.807, 2.05) is 26.0 Å². The molecule has 0 atom stereocenters. The van der Waals surface area contributed by atoms with Gasteiger partial charge in [-0.1, -0.05) is 12.1 Å². The monoisotopic (exact) mass is 309 g/mol. The Bertz CT molecular complexity index is 875. The van der Waals surface area contributed by atoms with E-state index in [2.05, 4.69) is 15.3 Å². The van der Waals surface area contributed by atoms with E-state index in [0.717, 1.165) is 22.2 Å². The van der Waals surface area contributed by atoms with Crippen molar-refractivity contribution in [2.75, 3.05) is 5.32 Å². The van der Waals surface area contributed by atoms with Crippen molar-refractivity contribution >= 4 is 22.8 Å². The van der Waals surface area contributed by atoms with Crippen molar-refractivity contribution in [3.63, 3.8) is 0 Å². The maximum atomic E-state index is 12.9. The van der Waals surface area contributed by atoms with Crippen LogP contribution >= 0.6 is 0 Å². The fourth-order valence-electron chi connectivity index (χ4n) is 2.48. The molecule has 23 heavy (non-hydrogen) atoms. The van der Waals surface area contributed by atoms with Crippen LogP contribution in [0.25, 0.3) is 11.0 Å². The normalized spacial score (nSPS) is 10.7. The van der Waals surface area contributed by atoms with Gasteiger partial charge in [-0.15, -0.1) is 0 Å². The standard InChI is InChI=1S/C18H16FN3O/c1-11-9-12(2)20-18-15(11)7-8-16(22-18)21-17(23)10-13-3-5-14(19)6-4-13/h3-9H,10H2,1-2H3,(H,20,21,22,23). The molecule has 0 fully saturated rings. The van der Waals surface area contributed by atoms with Gasteiger partial charge in [-0.25, -0.2) is 14.4 Å². The third-order valence-electron chi connectivity index (χ3n) is 3.55. The van der Waals surface area contributed by atoms with Crippen LogP contribution in [0.3, 0.4) is 0 Å². The highest BCUT2D eigenvalue weighted by molar-refractivity contribution is 5.92. The highest BCUT2D eigenvalue weighted by Gasteiger charge is 2.08. The number of carbonyl (C=O) groups is 1. The number of nitrogens with zero attached hydrogens (tertiary/aromatic N) is 2. The van der Waals surface area contributed by atoms with Crippen LogP contribution in [0, 0.1) is 19.7 Å². The first-order chi connectivity index (χ1) is 11.0. The molecule has 0 aliphatic rings. The van der Waals surface area contributed by atoms with Gasteiger partial charge in [0.2, 0.25) is 5.91 Å². The van der Waals surface area contributed by atoms with Crippen molar-refractivity contribution in [3.8, 4) is 0 Å². The van der Waals surface area contributed by atoms with Crippen LogP contribution in [0.4, 0.5) is 10.2 Å². The fourth-order valence-corrected chi connectivity index (χ4v) is 2.48. The molecular weight excluding hydrogens is 293 g/mol. The Hall–Kier alpha value is -2.82. The summed E-state index contributed by atoms with van der Waals surface area (Å²) in [6.07, 6.45) is 0.167. The van der Waals surface area contributed by atoms with Gasteiger partial charge in [-0.2, -0.15) is 0 Å². The molecule has 1 amide bonds. The van der Waals surface area contributed by atoms with E-state index in [1.165, 1.54) is 12.1 Å². The lowest BCUT2D eigenvalue weighted by atomic mass is 10.1. The van der Waals surface area contributed by atoms with Gasteiger partial charge in [0.1, 0.15) is 11.6 Å².